The van der Waals surface area contributed by atoms with Gasteiger partial charge < -0.3 is 5.11 Å². The van der Waals surface area contributed by atoms with Crippen molar-refractivity contribution in [1.29, 1.82) is 0 Å². The van der Waals surface area contributed by atoms with Crippen molar-refractivity contribution in [2.75, 3.05) is 0 Å². The number of nitrogens with zero attached hydrogens (tertiary/aromatic N) is 1. The van der Waals surface area contributed by atoms with E-state index in [1.54, 1.807) is 12.3 Å². The molecule has 0 aromatic carbocycles. The molecule has 0 bridgehead atoms. The minimum absolute atomic E-state index is 0.242. The standard InChI is InChI=1S/C8H11NO/c1-6(2)7-3-8(10)5-9-4-7/h3-6,10H,1-2H3. The van der Waals surface area contributed by atoms with Gasteiger partial charge in [0.2, 0.25) is 0 Å². The van der Waals surface area contributed by atoms with Crippen LogP contribution in [-0.4, -0.2) is 10.1 Å². The lowest BCUT2D eigenvalue weighted by atomic mass is 10.1. The number of aromatic hydroxyl groups is 1. The van der Waals surface area contributed by atoms with E-state index in [2.05, 4.69) is 18.8 Å². The highest BCUT2D eigenvalue weighted by Crippen LogP contribution is 2.16. The molecule has 10 heavy (non-hydrogen) atoms. The molecular formula is C8H11NO. The van der Waals surface area contributed by atoms with Crippen LogP contribution in [0.1, 0.15) is 25.3 Å². The van der Waals surface area contributed by atoms with Crippen LogP contribution in [0, 0.1) is 0 Å². The smallest absolute Gasteiger partial charge is 0.134 e. The zero-order valence-corrected chi connectivity index (χ0v) is 6.20. The summed E-state index contributed by atoms with van der Waals surface area (Å²) in [6, 6.07) is 1.73. The van der Waals surface area contributed by atoms with Gasteiger partial charge in [0.25, 0.3) is 0 Å². The van der Waals surface area contributed by atoms with Gasteiger partial charge in [-0.2, -0.15) is 0 Å². The average molecular weight is 137 g/mol. The van der Waals surface area contributed by atoms with Crippen molar-refractivity contribution in [1.82, 2.24) is 4.98 Å². The highest BCUT2D eigenvalue weighted by atomic mass is 16.3. The lowest BCUT2D eigenvalue weighted by molar-refractivity contribution is 0.471. The Hall–Kier alpha value is -1.05. The first-order valence-electron chi connectivity index (χ1n) is 3.34. The number of hydrogen-bond donors (Lipinski definition) is 1. The predicted octanol–water partition coefficient (Wildman–Crippen LogP) is 1.91. The molecule has 0 radical (unpaired) electrons. The molecule has 0 aliphatic rings. The molecule has 0 fully saturated rings. The maximum atomic E-state index is 9.00. The Kier molecular flexibility index (Phi) is 1.90. The molecule has 0 aliphatic carbocycles. The van der Waals surface area contributed by atoms with E-state index in [9.17, 15) is 0 Å². The summed E-state index contributed by atoms with van der Waals surface area (Å²) in [7, 11) is 0. The van der Waals surface area contributed by atoms with E-state index < -0.39 is 0 Å². The van der Waals surface area contributed by atoms with Crippen molar-refractivity contribution in [3.05, 3.63) is 24.0 Å². The second-order valence-electron chi connectivity index (χ2n) is 2.63. The molecule has 1 rings (SSSR count). The van der Waals surface area contributed by atoms with Crippen molar-refractivity contribution >= 4 is 0 Å². The molecule has 1 aromatic heterocycles. The summed E-state index contributed by atoms with van der Waals surface area (Å²) in [5, 5.41) is 9.00. The molecule has 0 aliphatic heterocycles. The van der Waals surface area contributed by atoms with E-state index in [1.165, 1.54) is 6.20 Å². The number of rotatable bonds is 1. The number of hydrogen-bond acceptors (Lipinski definition) is 2. The van der Waals surface area contributed by atoms with Crippen LogP contribution in [0.15, 0.2) is 18.5 Å². The first kappa shape index (κ1) is 7.06. The molecule has 0 atom stereocenters. The third-order valence-electron chi connectivity index (χ3n) is 1.41. The Bertz CT molecular complexity index is 220. The molecule has 2 heteroatoms. The van der Waals surface area contributed by atoms with Gasteiger partial charge >= 0.3 is 0 Å². The van der Waals surface area contributed by atoms with Gasteiger partial charge in [0.05, 0.1) is 6.20 Å². The zero-order chi connectivity index (χ0) is 7.56. The quantitative estimate of drug-likeness (QED) is 0.641. The molecule has 0 spiro atoms. The monoisotopic (exact) mass is 137 g/mol. The predicted molar refractivity (Wildman–Crippen MR) is 40.0 cm³/mol. The summed E-state index contributed by atoms with van der Waals surface area (Å²) in [6.45, 7) is 4.13. The second kappa shape index (κ2) is 2.69. The second-order valence-corrected chi connectivity index (χ2v) is 2.63. The minimum atomic E-state index is 0.242. The molecule has 1 N–H and O–H groups in total. The van der Waals surface area contributed by atoms with Crippen LogP contribution in [0.2, 0.25) is 0 Å². The Morgan fingerprint density at radius 2 is 2.10 bits per heavy atom. The van der Waals surface area contributed by atoms with E-state index in [1.807, 2.05) is 0 Å². The average Bonchev–Trinajstić information content (AvgIpc) is 1.88. The minimum Gasteiger partial charge on any atom is -0.506 e. The topological polar surface area (TPSA) is 33.1 Å². The van der Waals surface area contributed by atoms with E-state index >= 15 is 0 Å². The van der Waals surface area contributed by atoms with Gasteiger partial charge in [-0.15, -0.1) is 0 Å². The van der Waals surface area contributed by atoms with Crippen molar-refractivity contribution < 1.29 is 5.11 Å². The Morgan fingerprint density at radius 1 is 1.40 bits per heavy atom. The molecule has 0 amide bonds. The summed E-state index contributed by atoms with van der Waals surface area (Å²) in [5.74, 6) is 0.672. The van der Waals surface area contributed by atoms with Crippen LogP contribution in [0.3, 0.4) is 0 Å². The van der Waals surface area contributed by atoms with Gasteiger partial charge in [-0.05, 0) is 17.5 Å². The van der Waals surface area contributed by atoms with Crippen molar-refractivity contribution in [3.63, 3.8) is 0 Å². The normalized spacial score (nSPS) is 10.3. The lowest BCUT2D eigenvalue weighted by Crippen LogP contribution is -1.86. The fraction of sp³-hybridized carbons (Fsp3) is 0.375. The Labute approximate surface area is 60.5 Å². The maximum Gasteiger partial charge on any atom is 0.134 e. The van der Waals surface area contributed by atoms with Gasteiger partial charge in [-0.1, -0.05) is 13.8 Å². The van der Waals surface area contributed by atoms with Gasteiger partial charge in [-0.25, -0.2) is 0 Å². The van der Waals surface area contributed by atoms with Crippen LogP contribution >= 0.6 is 0 Å². The maximum absolute atomic E-state index is 9.00. The zero-order valence-electron chi connectivity index (χ0n) is 6.20. The third kappa shape index (κ3) is 1.47. The van der Waals surface area contributed by atoms with E-state index in [0.717, 1.165) is 5.56 Å². The van der Waals surface area contributed by atoms with Crippen LogP contribution in [-0.2, 0) is 0 Å². The first-order chi connectivity index (χ1) is 4.70. The van der Waals surface area contributed by atoms with Gasteiger partial charge in [-0.3, -0.25) is 4.98 Å². The van der Waals surface area contributed by atoms with Gasteiger partial charge in [0.1, 0.15) is 5.75 Å². The van der Waals surface area contributed by atoms with Crippen LogP contribution in [0.4, 0.5) is 0 Å². The Morgan fingerprint density at radius 3 is 2.50 bits per heavy atom. The van der Waals surface area contributed by atoms with Crippen LogP contribution in [0.5, 0.6) is 5.75 Å². The molecule has 0 unspecified atom stereocenters. The molecule has 0 saturated carbocycles. The molecule has 1 aromatic rings. The molecule has 2 nitrogen and oxygen atoms in total. The van der Waals surface area contributed by atoms with Gasteiger partial charge in [0, 0.05) is 6.20 Å². The first-order valence-corrected chi connectivity index (χ1v) is 3.34. The molecular weight excluding hydrogens is 126 g/mol. The number of pyridine rings is 1. The lowest BCUT2D eigenvalue weighted by Gasteiger charge is -2.02. The fourth-order valence-corrected chi connectivity index (χ4v) is 0.761. The molecule has 1 heterocycles. The Balaban J connectivity index is 2.96. The van der Waals surface area contributed by atoms with E-state index in [0.29, 0.717) is 5.92 Å². The summed E-state index contributed by atoms with van der Waals surface area (Å²) < 4.78 is 0. The van der Waals surface area contributed by atoms with Crippen molar-refractivity contribution in [3.8, 4) is 5.75 Å². The van der Waals surface area contributed by atoms with E-state index in [4.69, 9.17) is 5.11 Å². The van der Waals surface area contributed by atoms with Gasteiger partial charge in [0.15, 0.2) is 0 Å². The summed E-state index contributed by atoms with van der Waals surface area (Å²) in [4.78, 5) is 3.86. The fourth-order valence-electron chi connectivity index (χ4n) is 0.761. The summed E-state index contributed by atoms with van der Waals surface area (Å²) in [5.41, 5.74) is 1.07. The number of aromatic nitrogens is 1. The highest BCUT2D eigenvalue weighted by Gasteiger charge is 1.98. The van der Waals surface area contributed by atoms with Crippen LogP contribution in [0.25, 0.3) is 0 Å². The SMILES string of the molecule is CC(C)c1cncc(O)c1. The third-order valence-corrected chi connectivity index (χ3v) is 1.41. The molecule has 0 saturated heterocycles. The van der Waals surface area contributed by atoms with Crippen molar-refractivity contribution in [2.45, 2.75) is 19.8 Å². The van der Waals surface area contributed by atoms with Crippen molar-refractivity contribution in [2.24, 2.45) is 0 Å². The summed E-state index contributed by atoms with van der Waals surface area (Å²) >= 11 is 0. The largest absolute Gasteiger partial charge is 0.506 e. The van der Waals surface area contributed by atoms with E-state index in [-0.39, 0.29) is 5.75 Å². The summed E-state index contributed by atoms with van der Waals surface area (Å²) in [6.07, 6.45) is 3.20. The highest BCUT2D eigenvalue weighted by molar-refractivity contribution is 5.23. The molecule has 54 valence electrons. The van der Waals surface area contributed by atoms with Crippen LogP contribution < -0.4 is 0 Å².